The molecule has 1 amide bonds. The molecule has 1 fully saturated rings. The second kappa shape index (κ2) is 8.98. The Hall–Kier alpha value is -1.30. The number of carboxylic acid groups (broad SMARTS) is 1. The SMILES string of the molecule is CC(C)(CN)OC(=O)NC(CCC1CCCCC1)CC(=O)O. The van der Waals surface area contributed by atoms with Crippen LogP contribution in [-0.4, -0.2) is 35.4 Å². The summed E-state index contributed by atoms with van der Waals surface area (Å²) in [7, 11) is 0. The third-order valence-electron chi connectivity index (χ3n) is 4.25. The van der Waals surface area contributed by atoms with Crippen LogP contribution in [0.25, 0.3) is 0 Å². The summed E-state index contributed by atoms with van der Waals surface area (Å²) in [6.45, 7) is 3.66. The topological polar surface area (TPSA) is 102 Å². The summed E-state index contributed by atoms with van der Waals surface area (Å²) in [5.74, 6) is -0.254. The van der Waals surface area contributed by atoms with Crippen LogP contribution in [0, 0.1) is 5.92 Å². The van der Waals surface area contributed by atoms with Crippen molar-refractivity contribution in [3.8, 4) is 0 Å². The lowest BCUT2D eigenvalue weighted by Crippen LogP contribution is -2.44. The molecule has 6 nitrogen and oxygen atoms in total. The van der Waals surface area contributed by atoms with Gasteiger partial charge in [0.15, 0.2) is 0 Å². The summed E-state index contributed by atoms with van der Waals surface area (Å²) < 4.78 is 5.22. The van der Waals surface area contributed by atoms with Crippen LogP contribution in [0.15, 0.2) is 0 Å². The van der Waals surface area contributed by atoms with Crippen molar-refractivity contribution in [1.82, 2.24) is 5.32 Å². The van der Waals surface area contributed by atoms with Gasteiger partial charge in [0.05, 0.1) is 6.42 Å². The Balaban J connectivity index is 2.45. The van der Waals surface area contributed by atoms with Gasteiger partial charge in [0.1, 0.15) is 5.60 Å². The molecule has 0 saturated heterocycles. The molecule has 1 aliphatic rings. The smallest absolute Gasteiger partial charge is 0.407 e. The highest BCUT2D eigenvalue weighted by molar-refractivity contribution is 5.71. The summed E-state index contributed by atoms with van der Waals surface area (Å²) in [6.07, 6.45) is 7.20. The maximum atomic E-state index is 11.9. The van der Waals surface area contributed by atoms with Crippen LogP contribution in [0.2, 0.25) is 0 Å². The van der Waals surface area contributed by atoms with Crippen molar-refractivity contribution in [2.45, 2.75) is 76.9 Å². The lowest BCUT2D eigenvalue weighted by Gasteiger charge is -2.27. The van der Waals surface area contributed by atoms with Crippen molar-refractivity contribution in [2.24, 2.45) is 11.7 Å². The van der Waals surface area contributed by atoms with Gasteiger partial charge in [0, 0.05) is 12.6 Å². The first-order valence-corrected chi connectivity index (χ1v) is 8.24. The molecule has 0 heterocycles. The van der Waals surface area contributed by atoms with Gasteiger partial charge in [-0.3, -0.25) is 4.79 Å². The first-order valence-electron chi connectivity index (χ1n) is 8.24. The van der Waals surface area contributed by atoms with Crippen molar-refractivity contribution in [2.75, 3.05) is 6.54 Å². The largest absolute Gasteiger partial charge is 0.481 e. The highest BCUT2D eigenvalue weighted by Crippen LogP contribution is 2.28. The van der Waals surface area contributed by atoms with Gasteiger partial charge in [0.2, 0.25) is 0 Å². The van der Waals surface area contributed by atoms with Crippen molar-refractivity contribution < 1.29 is 19.4 Å². The number of amides is 1. The van der Waals surface area contributed by atoms with E-state index in [0.717, 1.165) is 6.42 Å². The van der Waals surface area contributed by atoms with Crippen LogP contribution in [0.4, 0.5) is 4.79 Å². The number of hydrogen-bond donors (Lipinski definition) is 3. The van der Waals surface area contributed by atoms with E-state index in [1.807, 2.05) is 0 Å². The highest BCUT2D eigenvalue weighted by Gasteiger charge is 2.24. The fourth-order valence-corrected chi connectivity index (χ4v) is 2.84. The van der Waals surface area contributed by atoms with E-state index >= 15 is 0 Å². The number of carbonyl (C=O) groups excluding carboxylic acids is 1. The van der Waals surface area contributed by atoms with Gasteiger partial charge in [-0.2, -0.15) is 0 Å². The summed E-state index contributed by atoms with van der Waals surface area (Å²) in [5.41, 5.74) is 4.77. The number of alkyl carbamates (subject to hydrolysis) is 1. The van der Waals surface area contributed by atoms with E-state index in [-0.39, 0.29) is 19.0 Å². The number of aliphatic carboxylic acids is 1. The maximum absolute atomic E-state index is 11.9. The van der Waals surface area contributed by atoms with E-state index in [2.05, 4.69) is 5.32 Å². The zero-order chi connectivity index (χ0) is 16.6. The van der Waals surface area contributed by atoms with Crippen LogP contribution in [0.3, 0.4) is 0 Å². The summed E-state index contributed by atoms with van der Waals surface area (Å²) in [6, 6.07) is -0.388. The third-order valence-corrected chi connectivity index (χ3v) is 4.25. The van der Waals surface area contributed by atoms with Gasteiger partial charge in [-0.05, 0) is 32.6 Å². The minimum absolute atomic E-state index is 0.0785. The Morgan fingerprint density at radius 2 is 1.95 bits per heavy atom. The molecule has 6 heteroatoms. The predicted octanol–water partition coefficient (Wildman–Crippen LogP) is 2.65. The van der Waals surface area contributed by atoms with Crippen LogP contribution in [-0.2, 0) is 9.53 Å². The van der Waals surface area contributed by atoms with Gasteiger partial charge in [-0.25, -0.2) is 4.79 Å². The number of ether oxygens (including phenoxy) is 1. The Morgan fingerprint density at radius 1 is 1.32 bits per heavy atom. The molecule has 0 aromatic rings. The van der Waals surface area contributed by atoms with Gasteiger partial charge in [-0.15, -0.1) is 0 Å². The monoisotopic (exact) mass is 314 g/mol. The molecule has 128 valence electrons. The zero-order valence-electron chi connectivity index (χ0n) is 13.8. The molecule has 1 saturated carbocycles. The number of nitrogens with two attached hydrogens (primary N) is 1. The molecular weight excluding hydrogens is 284 g/mol. The van der Waals surface area contributed by atoms with Gasteiger partial charge >= 0.3 is 12.1 Å². The van der Waals surface area contributed by atoms with Crippen LogP contribution in [0.1, 0.15) is 65.2 Å². The summed E-state index contributed by atoms with van der Waals surface area (Å²) in [4.78, 5) is 22.9. The minimum Gasteiger partial charge on any atom is -0.481 e. The number of hydrogen-bond acceptors (Lipinski definition) is 4. The lowest BCUT2D eigenvalue weighted by atomic mass is 9.85. The van der Waals surface area contributed by atoms with Crippen LogP contribution in [0.5, 0.6) is 0 Å². The average molecular weight is 314 g/mol. The number of rotatable bonds is 8. The molecule has 22 heavy (non-hydrogen) atoms. The van der Waals surface area contributed by atoms with Crippen molar-refractivity contribution in [3.05, 3.63) is 0 Å². The second-order valence-corrected chi connectivity index (χ2v) is 6.87. The molecule has 0 aromatic heterocycles. The van der Waals surface area contributed by atoms with Gasteiger partial charge in [-0.1, -0.05) is 32.1 Å². The lowest BCUT2D eigenvalue weighted by molar-refractivity contribution is -0.137. The summed E-state index contributed by atoms with van der Waals surface area (Å²) in [5, 5.41) is 11.7. The molecule has 1 unspecified atom stereocenters. The van der Waals surface area contributed by atoms with E-state index in [9.17, 15) is 9.59 Å². The number of nitrogens with one attached hydrogen (secondary N) is 1. The molecule has 0 spiro atoms. The number of carboxylic acids is 1. The van der Waals surface area contributed by atoms with E-state index in [1.54, 1.807) is 13.8 Å². The van der Waals surface area contributed by atoms with Crippen molar-refractivity contribution in [3.63, 3.8) is 0 Å². The van der Waals surface area contributed by atoms with Gasteiger partial charge < -0.3 is 20.9 Å². The highest BCUT2D eigenvalue weighted by atomic mass is 16.6. The van der Waals surface area contributed by atoms with Crippen molar-refractivity contribution >= 4 is 12.1 Å². The zero-order valence-corrected chi connectivity index (χ0v) is 13.8. The maximum Gasteiger partial charge on any atom is 0.407 e. The first-order chi connectivity index (χ1) is 10.3. The van der Waals surface area contributed by atoms with E-state index in [1.165, 1.54) is 32.1 Å². The Bertz CT molecular complexity index is 365. The minimum atomic E-state index is -0.910. The normalized spacial score (nSPS) is 17.8. The molecule has 4 N–H and O–H groups in total. The quantitative estimate of drug-likeness (QED) is 0.639. The predicted molar refractivity (Wildman–Crippen MR) is 84.6 cm³/mol. The Kier molecular flexibility index (Phi) is 7.65. The molecular formula is C16H30N2O4. The van der Waals surface area contributed by atoms with E-state index < -0.39 is 17.7 Å². The Morgan fingerprint density at radius 3 is 2.50 bits per heavy atom. The van der Waals surface area contributed by atoms with E-state index in [0.29, 0.717) is 12.3 Å². The molecule has 1 rings (SSSR count). The molecule has 0 aliphatic heterocycles. The van der Waals surface area contributed by atoms with Crippen LogP contribution < -0.4 is 11.1 Å². The van der Waals surface area contributed by atoms with Gasteiger partial charge in [0.25, 0.3) is 0 Å². The number of carbonyl (C=O) groups is 2. The average Bonchev–Trinajstić information content (AvgIpc) is 2.44. The van der Waals surface area contributed by atoms with E-state index in [4.69, 9.17) is 15.6 Å². The molecule has 0 bridgehead atoms. The van der Waals surface area contributed by atoms with Crippen molar-refractivity contribution in [1.29, 1.82) is 0 Å². The Labute approximate surface area is 132 Å². The second-order valence-electron chi connectivity index (χ2n) is 6.87. The third kappa shape index (κ3) is 7.64. The first kappa shape index (κ1) is 18.7. The molecule has 1 aliphatic carbocycles. The molecule has 0 radical (unpaired) electrons. The fraction of sp³-hybridized carbons (Fsp3) is 0.875. The summed E-state index contributed by atoms with van der Waals surface area (Å²) >= 11 is 0. The standard InChI is InChI=1S/C16H30N2O4/c1-16(2,11-17)22-15(21)18-13(10-14(19)20)9-8-12-6-4-3-5-7-12/h12-13H,3-11,17H2,1-2H3,(H,18,21)(H,19,20). The fourth-order valence-electron chi connectivity index (χ4n) is 2.84. The van der Waals surface area contributed by atoms with Crippen LogP contribution >= 0.6 is 0 Å². The molecule has 1 atom stereocenters. The molecule has 0 aromatic carbocycles.